The second kappa shape index (κ2) is 5.49. The molecule has 5 nitrogen and oxygen atoms in total. The fourth-order valence-electron chi connectivity index (χ4n) is 1.29. The van der Waals surface area contributed by atoms with Crippen LogP contribution in [-0.4, -0.2) is 10.9 Å². The summed E-state index contributed by atoms with van der Waals surface area (Å²) in [6.45, 7) is 3.01. The van der Waals surface area contributed by atoms with Gasteiger partial charge in [0, 0.05) is 5.38 Å². The minimum Gasteiger partial charge on any atom is -0.467 e. The van der Waals surface area contributed by atoms with Crippen molar-refractivity contribution in [2.24, 2.45) is 10.7 Å². The Morgan fingerprint density at radius 2 is 2.53 bits per heavy atom. The number of nitrogens with zero attached hydrogens (tertiary/aromatic N) is 2. The van der Waals surface area contributed by atoms with Crippen LogP contribution < -0.4 is 11.1 Å². The van der Waals surface area contributed by atoms with Gasteiger partial charge in [-0.3, -0.25) is 0 Å². The molecule has 90 valence electrons. The normalized spacial score (nSPS) is 11.7. The molecule has 3 N–H and O–H groups in total. The number of aromatic nitrogens is 1. The third-order valence-electron chi connectivity index (χ3n) is 2.10. The highest BCUT2D eigenvalue weighted by Gasteiger charge is 1.99. The van der Waals surface area contributed by atoms with Crippen LogP contribution in [0.15, 0.2) is 33.2 Å². The summed E-state index contributed by atoms with van der Waals surface area (Å²) >= 11 is 1.61. The Morgan fingerprint density at radius 1 is 1.65 bits per heavy atom. The molecule has 0 atom stereocenters. The van der Waals surface area contributed by atoms with Crippen molar-refractivity contribution in [1.82, 2.24) is 10.3 Å². The van der Waals surface area contributed by atoms with Gasteiger partial charge < -0.3 is 15.5 Å². The first kappa shape index (κ1) is 11.7. The summed E-state index contributed by atoms with van der Waals surface area (Å²) in [5.74, 6) is 1.22. The highest BCUT2D eigenvalue weighted by atomic mass is 32.1. The quantitative estimate of drug-likeness (QED) is 0.639. The van der Waals surface area contributed by atoms with Gasteiger partial charge in [0.2, 0.25) is 0 Å². The van der Waals surface area contributed by atoms with Gasteiger partial charge >= 0.3 is 0 Å². The van der Waals surface area contributed by atoms with Gasteiger partial charge in [0.05, 0.1) is 30.1 Å². The Bertz CT molecular complexity index is 489. The van der Waals surface area contributed by atoms with Crippen LogP contribution in [0, 0.1) is 6.92 Å². The SMILES string of the molecule is Cc1nc(CN=C(N)NCc2ccco2)cs1. The number of thiazole rings is 1. The Kier molecular flexibility index (Phi) is 3.77. The fraction of sp³-hybridized carbons (Fsp3) is 0.273. The van der Waals surface area contributed by atoms with Crippen molar-refractivity contribution < 1.29 is 4.42 Å². The topological polar surface area (TPSA) is 76.4 Å². The van der Waals surface area contributed by atoms with Crippen LogP contribution in [0.3, 0.4) is 0 Å². The second-order valence-corrected chi connectivity index (χ2v) is 4.55. The number of rotatable bonds is 4. The maximum absolute atomic E-state index is 5.72. The molecule has 0 saturated heterocycles. The van der Waals surface area contributed by atoms with Crippen LogP contribution in [0.2, 0.25) is 0 Å². The fourth-order valence-corrected chi connectivity index (χ4v) is 1.90. The maximum Gasteiger partial charge on any atom is 0.189 e. The molecule has 17 heavy (non-hydrogen) atoms. The third-order valence-corrected chi connectivity index (χ3v) is 2.92. The van der Waals surface area contributed by atoms with E-state index in [1.54, 1.807) is 17.6 Å². The highest BCUT2D eigenvalue weighted by Crippen LogP contribution is 2.08. The molecule has 0 unspecified atom stereocenters. The first-order valence-corrected chi connectivity index (χ1v) is 6.09. The van der Waals surface area contributed by atoms with Crippen molar-refractivity contribution in [3.8, 4) is 0 Å². The zero-order chi connectivity index (χ0) is 12.1. The number of nitrogens with two attached hydrogens (primary N) is 1. The average molecular weight is 250 g/mol. The standard InChI is InChI=1S/C11H14N4OS/c1-8-15-9(7-17-8)5-13-11(12)14-6-10-3-2-4-16-10/h2-4,7H,5-6H2,1H3,(H3,12,13,14). The Balaban J connectivity index is 1.81. The molecular formula is C11H14N4OS. The van der Waals surface area contributed by atoms with Gasteiger partial charge in [0.25, 0.3) is 0 Å². The molecule has 0 saturated carbocycles. The molecular weight excluding hydrogens is 236 g/mol. The lowest BCUT2D eigenvalue weighted by Crippen LogP contribution is -2.30. The molecule has 2 heterocycles. The minimum absolute atomic E-state index is 0.395. The lowest BCUT2D eigenvalue weighted by molar-refractivity contribution is 0.502. The van der Waals surface area contributed by atoms with Gasteiger partial charge in [-0.1, -0.05) is 0 Å². The summed E-state index contributed by atoms with van der Waals surface area (Å²) in [5.41, 5.74) is 6.66. The lowest BCUT2D eigenvalue weighted by atomic mass is 10.4. The van der Waals surface area contributed by atoms with Crippen LogP contribution in [0.1, 0.15) is 16.5 Å². The molecule has 0 spiro atoms. The molecule has 0 aromatic carbocycles. The highest BCUT2D eigenvalue weighted by molar-refractivity contribution is 7.09. The summed E-state index contributed by atoms with van der Waals surface area (Å²) in [6, 6.07) is 3.71. The van der Waals surface area contributed by atoms with E-state index in [0.717, 1.165) is 16.5 Å². The number of aryl methyl sites for hydroxylation is 1. The molecule has 0 aliphatic rings. The van der Waals surface area contributed by atoms with E-state index in [1.165, 1.54) is 0 Å². The summed E-state index contributed by atoms with van der Waals surface area (Å²) in [7, 11) is 0. The summed E-state index contributed by atoms with van der Waals surface area (Å²) in [6.07, 6.45) is 1.63. The Hall–Kier alpha value is -1.82. The molecule has 2 aromatic rings. The second-order valence-electron chi connectivity index (χ2n) is 3.49. The van der Waals surface area contributed by atoms with Crippen molar-refractivity contribution in [2.45, 2.75) is 20.0 Å². The first-order chi connectivity index (χ1) is 8.24. The largest absolute Gasteiger partial charge is 0.467 e. The van der Waals surface area contributed by atoms with Gasteiger partial charge in [-0.25, -0.2) is 9.98 Å². The van der Waals surface area contributed by atoms with Crippen LogP contribution in [0.25, 0.3) is 0 Å². The molecule has 0 aliphatic heterocycles. The van der Waals surface area contributed by atoms with Gasteiger partial charge in [-0.05, 0) is 19.1 Å². The van der Waals surface area contributed by atoms with E-state index in [4.69, 9.17) is 10.2 Å². The van der Waals surface area contributed by atoms with Gasteiger partial charge in [0.1, 0.15) is 5.76 Å². The smallest absolute Gasteiger partial charge is 0.189 e. The van der Waals surface area contributed by atoms with Crippen LogP contribution >= 0.6 is 11.3 Å². The van der Waals surface area contributed by atoms with Crippen LogP contribution in [-0.2, 0) is 13.1 Å². The molecule has 0 amide bonds. The van der Waals surface area contributed by atoms with Crippen molar-refractivity contribution in [2.75, 3.05) is 0 Å². The number of guanidine groups is 1. The number of nitrogens with one attached hydrogen (secondary N) is 1. The molecule has 0 bridgehead atoms. The van der Waals surface area contributed by atoms with E-state index in [9.17, 15) is 0 Å². The van der Waals surface area contributed by atoms with Crippen molar-refractivity contribution in [1.29, 1.82) is 0 Å². The predicted molar refractivity (Wildman–Crippen MR) is 67.7 cm³/mol. The van der Waals surface area contributed by atoms with E-state index < -0.39 is 0 Å². The number of furan rings is 1. The van der Waals surface area contributed by atoms with E-state index in [0.29, 0.717) is 19.0 Å². The molecule has 0 radical (unpaired) electrons. The molecule has 2 rings (SSSR count). The summed E-state index contributed by atoms with van der Waals surface area (Å²) in [4.78, 5) is 8.50. The summed E-state index contributed by atoms with van der Waals surface area (Å²) in [5, 5.41) is 6.00. The van der Waals surface area contributed by atoms with E-state index in [1.807, 2.05) is 24.4 Å². The number of aliphatic imine (C=N–C) groups is 1. The minimum atomic E-state index is 0.395. The van der Waals surface area contributed by atoms with Crippen molar-refractivity contribution in [3.05, 3.63) is 40.2 Å². The third kappa shape index (κ3) is 3.60. The lowest BCUT2D eigenvalue weighted by Gasteiger charge is -2.02. The Morgan fingerprint density at radius 3 is 3.18 bits per heavy atom. The van der Waals surface area contributed by atoms with Crippen LogP contribution in [0.4, 0.5) is 0 Å². The van der Waals surface area contributed by atoms with Crippen molar-refractivity contribution >= 4 is 17.3 Å². The number of hydrogen-bond donors (Lipinski definition) is 2. The molecule has 0 fully saturated rings. The molecule has 2 aromatic heterocycles. The van der Waals surface area contributed by atoms with Crippen molar-refractivity contribution in [3.63, 3.8) is 0 Å². The molecule has 6 heteroatoms. The van der Waals surface area contributed by atoms with E-state index >= 15 is 0 Å². The van der Waals surface area contributed by atoms with Crippen LogP contribution in [0.5, 0.6) is 0 Å². The maximum atomic E-state index is 5.72. The van der Waals surface area contributed by atoms with Gasteiger partial charge in [0.15, 0.2) is 5.96 Å². The van der Waals surface area contributed by atoms with Gasteiger partial charge in [-0.2, -0.15) is 0 Å². The predicted octanol–water partition coefficient (Wildman–Crippen LogP) is 1.65. The number of hydrogen-bond acceptors (Lipinski definition) is 4. The first-order valence-electron chi connectivity index (χ1n) is 5.21. The van der Waals surface area contributed by atoms with Gasteiger partial charge in [-0.15, -0.1) is 11.3 Å². The monoisotopic (exact) mass is 250 g/mol. The Labute approximate surface area is 103 Å². The van der Waals surface area contributed by atoms with E-state index in [2.05, 4.69) is 15.3 Å². The molecule has 0 aliphatic carbocycles. The summed E-state index contributed by atoms with van der Waals surface area (Å²) < 4.78 is 5.17. The average Bonchev–Trinajstić information content (AvgIpc) is 2.95. The van der Waals surface area contributed by atoms with E-state index in [-0.39, 0.29) is 0 Å². The zero-order valence-corrected chi connectivity index (χ0v) is 10.3. The zero-order valence-electron chi connectivity index (χ0n) is 9.51.